The lowest BCUT2D eigenvalue weighted by Crippen LogP contribution is -2.63. The van der Waals surface area contributed by atoms with Gasteiger partial charge >= 0.3 is 0 Å². The summed E-state index contributed by atoms with van der Waals surface area (Å²) in [5.74, 6) is -4.67. The molecule has 4 saturated heterocycles. The predicted molar refractivity (Wildman–Crippen MR) is 234 cm³/mol. The van der Waals surface area contributed by atoms with E-state index in [0.717, 1.165) is 18.4 Å². The first-order valence-electron chi connectivity index (χ1n) is 23.5. The van der Waals surface area contributed by atoms with Crippen LogP contribution in [-0.2, 0) is 39.8 Å². The average molecular weight is 875 g/mol. The zero-order chi connectivity index (χ0) is 44.7. The molecule has 1 aromatic rings. The third-order valence-electron chi connectivity index (χ3n) is 15.8. The number of hydrogen-bond acceptors (Lipinski definition) is 10. The third-order valence-corrected chi connectivity index (χ3v) is 16.1. The second kappa shape index (κ2) is 19.3. The summed E-state index contributed by atoms with van der Waals surface area (Å²) in [5, 5.41) is 38.3. The van der Waals surface area contributed by atoms with Gasteiger partial charge in [-0.15, -0.1) is 0 Å². The molecule has 0 saturated carbocycles. The van der Waals surface area contributed by atoms with E-state index in [9.17, 15) is 24.9 Å². The Bertz CT molecular complexity index is 1710. The number of ether oxygens (including phenoxy) is 5. The molecular weight excluding hydrogens is 798 g/mol. The number of carbonyl (C=O) groups is 2. The van der Waals surface area contributed by atoms with E-state index in [2.05, 4.69) is 26.1 Å². The first-order chi connectivity index (χ1) is 28.8. The number of carbonyl (C=O) groups excluding carboxylic acids is 2. The third kappa shape index (κ3) is 9.72. The topological polar surface area (TPSA) is 153 Å². The van der Waals surface area contributed by atoms with Crippen LogP contribution in [-0.4, -0.2) is 92.5 Å². The minimum Gasteiger partial charge on any atom is -0.392 e. The Kier molecular flexibility index (Phi) is 15.3. The molecule has 6 rings (SSSR count). The smallest absolute Gasteiger partial charge is 0.225 e. The van der Waals surface area contributed by atoms with Gasteiger partial charge in [0.2, 0.25) is 11.7 Å². The normalized spacial score (nSPS) is 41.6. The van der Waals surface area contributed by atoms with Crippen molar-refractivity contribution in [2.45, 2.75) is 205 Å². The van der Waals surface area contributed by atoms with Crippen LogP contribution in [0.25, 0.3) is 0 Å². The van der Waals surface area contributed by atoms with E-state index in [1.807, 2.05) is 72.7 Å². The zero-order valence-electron chi connectivity index (χ0n) is 38.4. The van der Waals surface area contributed by atoms with Crippen LogP contribution in [0.15, 0.2) is 36.4 Å². The number of rotatable bonds is 14. The molecule has 5 heterocycles. The van der Waals surface area contributed by atoms with Crippen molar-refractivity contribution in [1.82, 2.24) is 5.32 Å². The van der Waals surface area contributed by atoms with Gasteiger partial charge in [-0.05, 0) is 113 Å². The van der Waals surface area contributed by atoms with Crippen LogP contribution in [0.1, 0.15) is 139 Å². The van der Waals surface area contributed by atoms with Crippen molar-refractivity contribution in [2.75, 3.05) is 0 Å². The molecule has 4 N–H and O–H groups in total. The molecule has 2 spiro atoms. The second-order valence-corrected chi connectivity index (χ2v) is 20.4. The van der Waals surface area contributed by atoms with Gasteiger partial charge in [-0.1, -0.05) is 79.1 Å². The van der Waals surface area contributed by atoms with Crippen molar-refractivity contribution in [2.24, 2.45) is 41.4 Å². The van der Waals surface area contributed by atoms with Crippen LogP contribution in [0.4, 0.5) is 0 Å². The Balaban J connectivity index is 1.12. The highest BCUT2D eigenvalue weighted by molar-refractivity contribution is 6.30. The van der Waals surface area contributed by atoms with Crippen LogP contribution in [0, 0.1) is 41.4 Å². The van der Waals surface area contributed by atoms with Crippen molar-refractivity contribution in [3.05, 3.63) is 47.0 Å². The average Bonchev–Trinajstić information content (AvgIpc) is 3.58. The van der Waals surface area contributed by atoms with Crippen LogP contribution >= 0.6 is 11.6 Å². The molecule has 61 heavy (non-hydrogen) atoms. The highest BCUT2D eigenvalue weighted by atomic mass is 35.5. The first kappa shape index (κ1) is 48.5. The Morgan fingerprint density at radius 2 is 1.66 bits per heavy atom. The quantitative estimate of drug-likeness (QED) is 0.135. The fraction of sp³-hybridized carbons (Fsp3) is 0.796. The molecule has 0 aliphatic carbocycles. The molecule has 0 radical (unpaired) electrons. The number of benzene rings is 1. The van der Waals surface area contributed by atoms with Crippen molar-refractivity contribution in [3.8, 4) is 0 Å². The Morgan fingerprint density at radius 3 is 2.31 bits per heavy atom. The molecule has 0 aromatic heterocycles. The predicted octanol–water partition coefficient (Wildman–Crippen LogP) is 8.07. The van der Waals surface area contributed by atoms with Gasteiger partial charge in [-0.25, -0.2) is 0 Å². The number of amides is 1. The first-order valence-corrected chi connectivity index (χ1v) is 23.9. The van der Waals surface area contributed by atoms with Gasteiger partial charge in [-0.2, -0.15) is 0 Å². The summed E-state index contributed by atoms with van der Waals surface area (Å²) in [6.07, 6.45) is 5.98. The van der Waals surface area contributed by atoms with Crippen LogP contribution < -0.4 is 5.32 Å². The van der Waals surface area contributed by atoms with Crippen molar-refractivity contribution >= 4 is 23.3 Å². The number of ketones is 1. The van der Waals surface area contributed by atoms with Crippen molar-refractivity contribution in [3.63, 3.8) is 0 Å². The minimum atomic E-state index is -1.37. The highest BCUT2D eigenvalue weighted by Crippen LogP contribution is 2.54. The van der Waals surface area contributed by atoms with Crippen molar-refractivity contribution < 1.29 is 48.6 Å². The van der Waals surface area contributed by atoms with Gasteiger partial charge in [0.25, 0.3) is 0 Å². The Hall–Kier alpha value is -1.93. The monoisotopic (exact) mass is 874 g/mol. The van der Waals surface area contributed by atoms with Crippen LogP contribution in [0.5, 0.6) is 0 Å². The molecule has 11 nitrogen and oxygen atoms in total. The van der Waals surface area contributed by atoms with E-state index < -0.39 is 52.9 Å². The van der Waals surface area contributed by atoms with Gasteiger partial charge in [0.1, 0.15) is 11.9 Å². The maximum atomic E-state index is 14.7. The number of aliphatic hydroxyl groups excluding tert-OH is 2. The number of aliphatic hydroxyl groups is 3. The SMILES string of the molecule is CC[C@@H](C(=O)[C@@H](C)[C@@H](O)[C@H](C)[C@@H]1O[C@@H]([C@@H](CC)C(=O)NCc2cccc(Cl)c2)CC[C@@H]1C)[C@H]1O[C@@]2(C=C[C@@H](O)[C@@]3(CC[C@@](C)([C@H]4CC[C@](O)(CC)[C@H](C)O4)O3)O2)[C@H](C)C[C@@H]1C. The van der Waals surface area contributed by atoms with E-state index in [1.165, 1.54) is 0 Å². The van der Waals surface area contributed by atoms with E-state index in [1.54, 1.807) is 12.1 Å². The molecule has 18 atom stereocenters. The molecule has 0 bridgehead atoms. The maximum absolute atomic E-state index is 14.7. The zero-order valence-corrected chi connectivity index (χ0v) is 39.2. The summed E-state index contributed by atoms with van der Waals surface area (Å²) >= 11 is 6.16. The minimum absolute atomic E-state index is 0.0127. The van der Waals surface area contributed by atoms with Gasteiger partial charge in [0.05, 0.1) is 53.7 Å². The number of hydrogen-bond donors (Lipinski definition) is 4. The summed E-state index contributed by atoms with van der Waals surface area (Å²) in [4.78, 5) is 28.1. The lowest BCUT2D eigenvalue weighted by molar-refractivity contribution is -0.409. The van der Waals surface area contributed by atoms with Gasteiger partial charge in [-0.3, -0.25) is 9.59 Å². The molecule has 1 aromatic carbocycles. The lowest BCUT2D eigenvalue weighted by Gasteiger charge is -2.54. The van der Waals surface area contributed by atoms with Gasteiger partial charge in [0, 0.05) is 41.7 Å². The second-order valence-electron chi connectivity index (χ2n) is 19.9. The van der Waals surface area contributed by atoms with Crippen molar-refractivity contribution in [1.29, 1.82) is 0 Å². The molecule has 5 aliphatic rings. The largest absolute Gasteiger partial charge is 0.392 e. The fourth-order valence-corrected chi connectivity index (χ4v) is 11.7. The summed E-state index contributed by atoms with van der Waals surface area (Å²) in [7, 11) is 0. The summed E-state index contributed by atoms with van der Waals surface area (Å²) < 4.78 is 34.0. The van der Waals surface area contributed by atoms with Crippen LogP contribution in [0.2, 0.25) is 5.02 Å². The molecule has 0 unspecified atom stereocenters. The molecule has 5 aliphatic heterocycles. The van der Waals surface area contributed by atoms with E-state index in [4.69, 9.17) is 35.3 Å². The standard InChI is InChI=1S/C49H76ClNO10/c1-11-36(45(55)51-27-34-15-14-16-35(50)26-34)38-18-17-28(4)43(58-38)32(8)41(53)31(7)42(54)37(12-2)44-29(5)25-30(6)48(59-44)22-19-39(52)49(61-48)24-23-46(10,60-49)40-20-21-47(56,13-3)33(9)57-40/h14-16,19,22,26,28-33,36-41,43-44,52-53,56H,11-13,17-18,20-21,23-25,27H2,1-10H3,(H,51,55)/t28-,29-,30+,31-,32-,33-,36+,37-,38+,39+,40+,41+,43+,44-,46-,47+,48+,49+/m0/s1. The number of nitrogens with one attached hydrogen (secondary N) is 1. The lowest BCUT2D eigenvalue weighted by atomic mass is 9.72. The van der Waals surface area contributed by atoms with E-state index in [0.29, 0.717) is 62.9 Å². The molecule has 344 valence electrons. The van der Waals surface area contributed by atoms with Gasteiger partial charge in [0.15, 0.2) is 5.79 Å². The molecule has 4 fully saturated rings. The Labute approximate surface area is 370 Å². The number of Topliss-reactive ketones (excluding diaryl/α,β-unsaturated/α-hetero) is 1. The Morgan fingerprint density at radius 1 is 0.934 bits per heavy atom. The summed E-state index contributed by atoms with van der Waals surface area (Å²) in [6, 6.07) is 7.45. The number of halogens is 1. The summed E-state index contributed by atoms with van der Waals surface area (Å²) in [6.45, 7) is 20.3. The van der Waals surface area contributed by atoms with Gasteiger partial charge < -0.3 is 44.3 Å². The van der Waals surface area contributed by atoms with Crippen LogP contribution in [0.3, 0.4) is 0 Å². The molecular formula is C49H76ClNO10. The highest BCUT2D eigenvalue weighted by Gasteiger charge is 2.63. The fourth-order valence-electron chi connectivity index (χ4n) is 11.5. The maximum Gasteiger partial charge on any atom is 0.225 e. The summed E-state index contributed by atoms with van der Waals surface area (Å²) in [5.41, 5.74) is -0.712. The van der Waals surface area contributed by atoms with E-state index >= 15 is 0 Å². The molecule has 1 amide bonds. The van der Waals surface area contributed by atoms with E-state index in [-0.39, 0.29) is 65.7 Å². The molecule has 12 heteroatoms.